The highest BCUT2D eigenvalue weighted by atomic mass is 32.2. The Labute approximate surface area is 156 Å². The number of hydrogen-bond acceptors (Lipinski definition) is 5. The number of carbonyl (C=O) groups excluding carboxylic acids is 1. The van der Waals surface area contributed by atoms with E-state index in [-0.39, 0.29) is 12.5 Å². The zero-order valence-corrected chi connectivity index (χ0v) is 16.3. The van der Waals surface area contributed by atoms with Crippen LogP contribution in [0, 0.1) is 0 Å². The van der Waals surface area contributed by atoms with Crippen molar-refractivity contribution in [3.05, 3.63) is 29.3 Å². The molecule has 6 nitrogen and oxygen atoms in total. The van der Waals surface area contributed by atoms with Gasteiger partial charge >= 0.3 is 21.7 Å². The van der Waals surface area contributed by atoms with Gasteiger partial charge in [0, 0.05) is 13.1 Å². The summed E-state index contributed by atoms with van der Waals surface area (Å²) >= 11 is 0. The summed E-state index contributed by atoms with van der Waals surface area (Å²) in [7, 11) is -5.73. The molecule has 0 saturated carbocycles. The second kappa shape index (κ2) is 7.21. The van der Waals surface area contributed by atoms with Gasteiger partial charge in [-0.3, -0.25) is 0 Å². The number of amides is 1. The fourth-order valence-electron chi connectivity index (χ4n) is 2.75. The van der Waals surface area contributed by atoms with Crippen LogP contribution >= 0.6 is 0 Å². The molecule has 1 heterocycles. The van der Waals surface area contributed by atoms with Gasteiger partial charge in [0.1, 0.15) is 11.4 Å². The van der Waals surface area contributed by atoms with Crippen molar-refractivity contribution in [3.8, 4) is 5.75 Å². The van der Waals surface area contributed by atoms with Crippen molar-refractivity contribution in [1.82, 2.24) is 4.90 Å². The normalized spacial score (nSPS) is 18.5. The van der Waals surface area contributed by atoms with Gasteiger partial charge < -0.3 is 13.8 Å². The highest BCUT2D eigenvalue weighted by Gasteiger charge is 2.48. The SMILES string of the molecule is CC1CN(C(=O)OC(C)(C)C)CCc2ccc(OS(=O)(=O)C(F)(F)F)cc21. The maximum atomic E-state index is 12.5. The molecule has 1 aromatic rings. The van der Waals surface area contributed by atoms with E-state index in [0.29, 0.717) is 18.5 Å². The van der Waals surface area contributed by atoms with E-state index in [1.165, 1.54) is 23.1 Å². The van der Waals surface area contributed by atoms with Crippen LogP contribution in [0.15, 0.2) is 18.2 Å². The van der Waals surface area contributed by atoms with Crippen molar-refractivity contribution in [2.24, 2.45) is 0 Å². The molecule has 10 heteroatoms. The fraction of sp³-hybridized carbons (Fsp3) is 0.588. The fourth-order valence-corrected chi connectivity index (χ4v) is 3.20. The second-order valence-electron chi connectivity index (χ2n) is 7.42. The molecule has 1 amide bonds. The highest BCUT2D eigenvalue weighted by Crippen LogP contribution is 2.32. The van der Waals surface area contributed by atoms with Crippen molar-refractivity contribution in [1.29, 1.82) is 0 Å². The first kappa shape index (κ1) is 21.3. The van der Waals surface area contributed by atoms with E-state index in [1.54, 1.807) is 27.7 Å². The Kier molecular flexibility index (Phi) is 5.70. The van der Waals surface area contributed by atoms with Crippen LogP contribution in [-0.4, -0.2) is 43.6 Å². The summed E-state index contributed by atoms with van der Waals surface area (Å²) in [5.41, 5.74) is -4.70. The van der Waals surface area contributed by atoms with Gasteiger partial charge in [-0.1, -0.05) is 13.0 Å². The van der Waals surface area contributed by atoms with Gasteiger partial charge in [-0.25, -0.2) is 4.79 Å². The summed E-state index contributed by atoms with van der Waals surface area (Å²) in [6, 6.07) is 3.98. The quantitative estimate of drug-likeness (QED) is 0.549. The van der Waals surface area contributed by atoms with Gasteiger partial charge in [-0.05, 0) is 56.4 Å². The predicted molar refractivity (Wildman–Crippen MR) is 92.0 cm³/mol. The molecule has 1 atom stereocenters. The molecule has 0 spiro atoms. The lowest BCUT2D eigenvalue weighted by molar-refractivity contribution is -0.0500. The first-order valence-electron chi connectivity index (χ1n) is 8.31. The van der Waals surface area contributed by atoms with Crippen LogP contribution in [0.25, 0.3) is 0 Å². The standard InChI is InChI=1S/C17H22F3NO5S/c1-11-10-21(15(22)25-16(2,3)4)8-7-12-5-6-13(9-14(11)12)26-27(23,24)17(18,19)20/h5-6,9,11H,7-8,10H2,1-4H3. The van der Waals surface area contributed by atoms with Gasteiger partial charge in [0.25, 0.3) is 0 Å². The van der Waals surface area contributed by atoms with Crippen molar-refractivity contribution >= 4 is 16.2 Å². The van der Waals surface area contributed by atoms with Crippen LogP contribution < -0.4 is 4.18 Å². The second-order valence-corrected chi connectivity index (χ2v) is 8.96. The molecular formula is C17H22F3NO5S. The largest absolute Gasteiger partial charge is 0.534 e. The van der Waals surface area contributed by atoms with E-state index in [9.17, 15) is 26.4 Å². The molecule has 0 saturated heterocycles. The molecule has 1 aliphatic heterocycles. The molecule has 152 valence electrons. The minimum atomic E-state index is -5.73. The van der Waals surface area contributed by atoms with Crippen molar-refractivity contribution in [3.63, 3.8) is 0 Å². The summed E-state index contributed by atoms with van der Waals surface area (Å²) < 4.78 is 69.5. The molecule has 0 N–H and O–H groups in total. The number of benzene rings is 1. The van der Waals surface area contributed by atoms with E-state index in [4.69, 9.17) is 4.74 Å². The average molecular weight is 409 g/mol. The van der Waals surface area contributed by atoms with Gasteiger partial charge in [-0.15, -0.1) is 0 Å². The van der Waals surface area contributed by atoms with Crippen LogP contribution in [0.2, 0.25) is 0 Å². The lowest BCUT2D eigenvalue weighted by Gasteiger charge is -2.27. The summed E-state index contributed by atoms with van der Waals surface area (Å²) in [5, 5.41) is 0. The maximum Gasteiger partial charge on any atom is 0.534 e. The van der Waals surface area contributed by atoms with Crippen molar-refractivity contribution in [2.75, 3.05) is 13.1 Å². The van der Waals surface area contributed by atoms with Crippen LogP contribution in [0.4, 0.5) is 18.0 Å². The maximum absolute atomic E-state index is 12.5. The Morgan fingerprint density at radius 2 is 1.85 bits per heavy atom. The molecule has 27 heavy (non-hydrogen) atoms. The third-order valence-electron chi connectivity index (χ3n) is 3.93. The molecular weight excluding hydrogens is 387 g/mol. The highest BCUT2D eigenvalue weighted by molar-refractivity contribution is 7.88. The van der Waals surface area contributed by atoms with Gasteiger partial charge in [0.2, 0.25) is 0 Å². The number of rotatable bonds is 2. The lowest BCUT2D eigenvalue weighted by Crippen LogP contribution is -2.38. The van der Waals surface area contributed by atoms with Crippen molar-refractivity contribution < 1.29 is 35.3 Å². The van der Waals surface area contributed by atoms with Gasteiger partial charge in [0.05, 0.1) is 0 Å². The Morgan fingerprint density at radius 3 is 2.41 bits per heavy atom. The molecule has 2 rings (SSSR count). The van der Waals surface area contributed by atoms with E-state index >= 15 is 0 Å². The molecule has 1 unspecified atom stereocenters. The van der Waals surface area contributed by atoms with Crippen molar-refractivity contribution in [2.45, 2.75) is 51.1 Å². The van der Waals surface area contributed by atoms with Crippen LogP contribution in [0.1, 0.15) is 44.7 Å². The third kappa shape index (κ3) is 5.27. The molecule has 0 aliphatic carbocycles. The first-order valence-corrected chi connectivity index (χ1v) is 9.72. The number of carbonyl (C=O) groups is 1. The molecule has 1 aliphatic rings. The Bertz CT molecular complexity index is 815. The van der Waals surface area contributed by atoms with E-state index in [2.05, 4.69) is 4.18 Å². The number of hydrogen-bond donors (Lipinski definition) is 0. The van der Waals surface area contributed by atoms with E-state index in [1.807, 2.05) is 0 Å². The molecule has 1 aromatic carbocycles. The molecule has 0 radical (unpaired) electrons. The zero-order valence-electron chi connectivity index (χ0n) is 15.5. The topological polar surface area (TPSA) is 72.9 Å². The smallest absolute Gasteiger partial charge is 0.444 e. The number of alkyl halides is 3. The molecule has 0 aromatic heterocycles. The average Bonchev–Trinajstić information content (AvgIpc) is 2.64. The van der Waals surface area contributed by atoms with Crippen LogP contribution in [0.3, 0.4) is 0 Å². The zero-order chi connectivity index (χ0) is 20.6. The Hall–Kier alpha value is -1.97. The Morgan fingerprint density at radius 1 is 1.22 bits per heavy atom. The number of ether oxygens (including phenoxy) is 1. The minimum Gasteiger partial charge on any atom is -0.444 e. The number of halogens is 3. The lowest BCUT2D eigenvalue weighted by atomic mass is 9.95. The summed E-state index contributed by atoms with van der Waals surface area (Å²) in [4.78, 5) is 13.8. The minimum absolute atomic E-state index is 0.243. The van der Waals surface area contributed by atoms with Gasteiger partial charge in [0.15, 0.2) is 0 Å². The van der Waals surface area contributed by atoms with Crippen LogP contribution in [0.5, 0.6) is 5.75 Å². The molecule has 0 fully saturated rings. The summed E-state index contributed by atoms with van der Waals surface area (Å²) in [5.74, 6) is -0.657. The van der Waals surface area contributed by atoms with Gasteiger partial charge in [-0.2, -0.15) is 21.6 Å². The number of fused-ring (bicyclic) bond motifs is 1. The monoisotopic (exact) mass is 409 g/mol. The number of nitrogens with zero attached hydrogens (tertiary/aromatic N) is 1. The molecule has 0 bridgehead atoms. The summed E-state index contributed by atoms with van der Waals surface area (Å²) in [6.45, 7) is 7.73. The van der Waals surface area contributed by atoms with E-state index < -0.39 is 33.1 Å². The predicted octanol–water partition coefficient (Wildman–Crippen LogP) is 3.81. The first-order chi connectivity index (χ1) is 12.2. The van der Waals surface area contributed by atoms with Crippen LogP contribution in [-0.2, 0) is 21.3 Å². The Balaban J connectivity index is 2.22. The third-order valence-corrected chi connectivity index (χ3v) is 4.91. The van der Waals surface area contributed by atoms with E-state index in [0.717, 1.165) is 5.56 Å². The summed E-state index contributed by atoms with van der Waals surface area (Å²) in [6.07, 6.45) is -0.0103.